The maximum absolute atomic E-state index is 12.7. The van der Waals surface area contributed by atoms with E-state index in [9.17, 15) is 18.0 Å². The van der Waals surface area contributed by atoms with E-state index in [0.29, 0.717) is 12.2 Å². The predicted molar refractivity (Wildman–Crippen MR) is 95.5 cm³/mol. The van der Waals surface area contributed by atoms with Crippen LogP contribution < -0.4 is 5.32 Å². The van der Waals surface area contributed by atoms with Gasteiger partial charge in [-0.25, -0.2) is 9.67 Å². The van der Waals surface area contributed by atoms with Crippen molar-refractivity contribution in [3.63, 3.8) is 0 Å². The Labute approximate surface area is 159 Å². The number of carbonyl (C=O) groups excluding carboxylic acids is 1. The van der Waals surface area contributed by atoms with Crippen LogP contribution >= 0.6 is 0 Å². The molecule has 1 N–H and O–H groups in total. The fourth-order valence-electron chi connectivity index (χ4n) is 2.70. The number of halogens is 3. The van der Waals surface area contributed by atoms with E-state index in [0.717, 1.165) is 21.9 Å². The molecule has 2 aromatic heterocycles. The van der Waals surface area contributed by atoms with Crippen LogP contribution in [-0.4, -0.2) is 30.5 Å². The Morgan fingerprint density at radius 3 is 2.64 bits per heavy atom. The first-order chi connectivity index (χ1) is 13.2. The molecule has 7 nitrogen and oxygen atoms in total. The Morgan fingerprint density at radius 1 is 1.18 bits per heavy atom. The third-order valence-corrected chi connectivity index (χ3v) is 4.04. The van der Waals surface area contributed by atoms with Gasteiger partial charge in [-0.1, -0.05) is 29.8 Å². The number of anilines is 1. The smallest absolute Gasteiger partial charge is 0.293 e. The largest absolute Gasteiger partial charge is 0.435 e. The third kappa shape index (κ3) is 4.96. The summed E-state index contributed by atoms with van der Waals surface area (Å²) in [4.78, 5) is 16.1. The highest BCUT2D eigenvalue weighted by atomic mass is 19.4. The van der Waals surface area contributed by atoms with E-state index in [1.165, 1.54) is 13.3 Å². The van der Waals surface area contributed by atoms with Crippen molar-refractivity contribution in [2.45, 2.75) is 39.5 Å². The van der Waals surface area contributed by atoms with E-state index in [1.807, 2.05) is 31.2 Å². The second kappa shape index (κ2) is 7.83. The fraction of sp³-hybridized carbons (Fsp3) is 0.333. The van der Waals surface area contributed by atoms with Crippen molar-refractivity contribution >= 4 is 11.9 Å². The number of benzene rings is 1. The molecule has 3 aromatic rings. The zero-order chi connectivity index (χ0) is 20.3. The summed E-state index contributed by atoms with van der Waals surface area (Å²) in [5, 5.41) is 10.2. The molecule has 1 amide bonds. The Balaban J connectivity index is 1.54. The Kier molecular flexibility index (Phi) is 5.48. The summed E-state index contributed by atoms with van der Waals surface area (Å²) in [5.74, 6) is -0.261. The molecule has 3 rings (SSSR count). The summed E-state index contributed by atoms with van der Waals surface area (Å²) in [5.41, 5.74) is 1.55. The zero-order valence-electron chi connectivity index (χ0n) is 15.4. The van der Waals surface area contributed by atoms with E-state index in [-0.39, 0.29) is 18.9 Å². The molecule has 0 saturated heterocycles. The van der Waals surface area contributed by atoms with E-state index in [4.69, 9.17) is 0 Å². The monoisotopic (exact) mass is 392 g/mol. The molecule has 0 fully saturated rings. The topological polar surface area (TPSA) is 77.6 Å². The minimum Gasteiger partial charge on any atom is -0.293 e. The number of nitrogens with one attached hydrogen (secondary N) is 1. The first-order valence-corrected chi connectivity index (χ1v) is 8.57. The lowest BCUT2D eigenvalue weighted by Gasteiger charge is -2.05. The lowest BCUT2D eigenvalue weighted by Crippen LogP contribution is -2.17. The van der Waals surface area contributed by atoms with Gasteiger partial charge < -0.3 is 0 Å². The van der Waals surface area contributed by atoms with Crippen molar-refractivity contribution in [1.29, 1.82) is 0 Å². The molecule has 1 aromatic carbocycles. The van der Waals surface area contributed by atoms with E-state index in [1.54, 1.807) is 4.68 Å². The second-order valence-electron chi connectivity index (χ2n) is 6.44. The molecule has 0 radical (unpaired) electrons. The quantitative estimate of drug-likeness (QED) is 0.699. The van der Waals surface area contributed by atoms with E-state index in [2.05, 4.69) is 20.5 Å². The molecule has 0 spiro atoms. The first kappa shape index (κ1) is 19.6. The van der Waals surface area contributed by atoms with E-state index < -0.39 is 17.8 Å². The minimum absolute atomic E-state index is 0.0255. The van der Waals surface area contributed by atoms with Gasteiger partial charge in [-0.3, -0.25) is 14.8 Å². The average Bonchev–Trinajstić information content (AvgIpc) is 3.19. The zero-order valence-corrected chi connectivity index (χ0v) is 15.4. The summed E-state index contributed by atoms with van der Waals surface area (Å²) in [6.07, 6.45) is -3.05. The normalized spacial score (nSPS) is 11.6. The van der Waals surface area contributed by atoms with Crippen molar-refractivity contribution in [2.75, 3.05) is 5.32 Å². The summed E-state index contributed by atoms with van der Waals surface area (Å²) in [6.45, 7) is 4.04. The molecule has 2 heterocycles. The van der Waals surface area contributed by atoms with Crippen molar-refractivity contribution in [1.82, 2.24) is 24.5 Å². The van der Waals surface area contributed by atoms with Crippen molar-refractivity contribution in [2.24, 2.45) is 0 Å². The molecule has 28 heavy (non-hydrogen) atoms. The molecule has 0 aliphatic carbocycles. The summed E-state index contributed by atoms with van der Waals surface area (Å²) in [7, 11) is 0. The lowest BCUT2D eigenvalue weighted by atomic mass is 10.1. The number of rotatable bonds is 6. The molecule has 0 saturated carbocycles. The van der Waals surface area contributed by atoms with Gasteiger partial charge in [0.1, 0.15) is 6.33 Å². The minimum atomic E-state index is -4.51. The molecule has 0 aliphatic heterocycles. The van der Waals surface area contributed by atoms with Crippen LogP contribution in [0.15, 0.2) is 36.7 Å². The molecule has 0 atom stereocenters. The highest BCUT2D eigenvalue weighted by Crippen LogP contribution is 2.28. The predicted octanol–water partition coefficient (Wildman–Crippen LogP) is 3.19. The SMILES string of the molecule is Cc1cccc(Cn2cnc(NC(=O)CCn3nc(C(F)(F)F)cc3C)n2)c1. The Hall–Kier alpha value is -3.17. The number of alkyl halides is 3. The maximum Gasteiger partial charge on any atom is 0.435 e. The molecular weight excluding hydrogens is 373 g/mol. The standard InChI is InChI=1S/C18H19F3N6O/c1-12-4-3-5-14(8-12)10-26-11-22-17(25-26)23-16(28)6-7-27-13(2)9-15(24-27)18(19,20)21/h3-5,8-9,11H,6-7,10H2,1-2H3,(H,23,25,28). The van der Waals surface area contributed by atoms with Crippen molar-refractivity contribution in [3.05, 3.63) is 59.2 Å². The molecule has 0 bridgehead atoms. The van der Waals surface area contributed by atoms with Gasteiger partial charge in [-0.15, -0.1) is 5.10 Å². The fourth-order valence-corrected chi connectivity index (χ4v) is 2.70. The highest BCUT2D eigenvalue weighted by Gasteiger charge is 2.34. The second-order valence-corrected chi connectivity index (χ2v) is 6.44. The number of aryl methyl sites for hydroxylation is 3. The Bertz CT molecular complexity index is 976. The molecule has 148 valence electrons. The summed E-state index contributed by atoms with van der Waals surface area (Å²) < 4.78 is 40.8. The van der Waals surface area contributed by atoms with Gasteiger partial charge in [0.15, 0.2) is 5.69 Å². The van der Waals surface area contributed by atoms with Gasteiger partial charge in [-0.05, 0) is 25.5 Å². The van der Waals surface area contributed by atoms with Crippen LogP contribution in [0.2, 0.25) is 0 Å². The highest BCUT2D eigenvalue weighted by molar-refractivity contribution is 5.88. The van der Waals surface area contributed by atoms with Crippen LogP contribution in [0, 0.1) is 13.8 Å². The molecule has 10 heteroatoms. The van der Waals surface area contributed by atoms with Gasteiger partial charge in [-0.2, -0.15) is 18.3 Å². The molecule has 0 aliphatic rings. The van der Waals surface area contributed by atoms with Gasteiger partial charge in [0, 0.05) is 18.7 Å². The van der Waals surface area contributed by atoms with Gasteiger partial charge in [0.05, 0.1) is 6.54 Å². The number of hydrogen-bond acceptors (Lipinski definition) is 4. The van der Waals surface area contributed by atoms with Gasteiger partial charge in [0.25, 0.3) is 0 Å². The average molecular weight is 392 g/mol. The van der Waals surface area contributed by atoms with Crippen molar-refractivity contribution < 1.29 is 18.0 Å². The first-order valence-electron chi connectivity index (χ1n) is 8.57. The number of aromatic nitrogens is 5. The van der Waals surface area contributed by atoms with E-state index >= 15 is 0 Å². The van der Waals surface area contributed by atoms with Crippen LogP contribution in [0.4, 0.5) is 19.1 Å². The van der Waals surface area contributed by atoms with Crippen LogP contribution in [0.3, 0.4) is 0 Å². The number of amides is 1. The lowest BCUT2D eigenvalue weighted by molar-refractivity contribution is -0.141. The summed E-state index contributed by atoms with van der Waals surface area (Å²) in [6, 6.07) is 8.89. The summed E-state index contributed by atoms with van der Waals surface area (Å²) >= 11 is 0. The van der Waals surface area contributed by atoms with Gasteiger partial charge in [0.2, 0.25) is 11.9 Å². The number of carbonyl (C=O) groups is 1. The molecule has 0 unspecified atom stereocenters. The van der Waals surface area contributed by atoms with Gasteiger partial charge >= 0.3 is 6.18 Å². The van der Waals surface area contributed by atoms with Crippen molar-refractivity contribution in [3.8, 4) is 0 Å². The van der Waals surface area contributed by atoms with Crippen LogP contribution in [0.25, 0.3) is 0 Å². The molecular formula is C18H19F3N6O. The maximum atomic E-state index is 12.7. The number of nitrogens with zero attached hydrogens (tertiary/aromatic N) is 5. The van der Waals surface area contributed by atoms with Crippen LogP contribution in [0.1, 0.15) is 28.9 Å². The third-order valence-electron chi connectivity index (χ3n) is 4.04. The van der Waals surface area contributed by atoms with Crippen LogP contribution in [-0.2, 0) is 24.1 Å². The number of hydrogen-bond donors (Lipinski definition) is 1. The van der Waals surface area contributed by atoms with Crippen LogP contribution in [0.5, 0.6) is 0 Å². The Morgan fingerprint density at radius 2 is 1.96 bits per heavy atom.